The van der Waals surface area contributed by atoms with Gasteiger partial charge >= 0.3 is 0 Å². The highest BCUT2D eigenvalue weighted by Crippen LogP contribution is 2.22. The van der Waals surface area contributed by atoms with E-state index in [1.54, 1.807) is 4.90 Å². The summed E-state index contributed by atoms with van der Waals surface area (Å²) in [5.41, 5.74) is 8.00. The molecule has 1 aliphatic heterocycles. The van der Waals surface area contributed by atoms with Crippen molar-refractivity contribution in [3.8, 4) is 0 Å². The molecule has 4 nitrogen and oxygen atoms in total. The smallest absolute Gasteiger partial charge is 0.241 e. The van der Waals surface area contributed by atoms with E-state index in [9.17, 15) is 4.79 Å². The number of carbonyl (C=O) groups excluding carboxylic acids is 1. The predicted octanol–water partition coefficient (Wildman–Crippen LogP) is 0.466. The van der Waals surface area contributed by atoms with Gasteiger partial charge in [-0.25, -0.2) is 0 Å². The Kier molecular flexibility index (Phi) is 3.64. The van der Waals surface area contributed by atoms with Crippen molar-refractivity contribution < 1.29 is 4.79 Å². The molecule has 0 aliphatic carbocycles. The molecule has 1 heterocycles. The molecule has 1 aromatic carbocycles. The van der Waals surface area contributed by atoms with Crippen LogP contribution in [0.3, 0.4) is 0 Å². The number of benzene rings is 1. The molecule has 92 valence electrons. The number of hydrogen-bond donors (Lipinski definition) is 1. The molecule has 0 unspecified atom stereocenters. The number of anilines is 1. The number of piperazine rings is 1. The summed E-state index contributed by atoms with van der Waals surface area (Å²) in [6, 6.07) is 8.19. The lowest BCUT2D eigenvalue weighted by Gasteiger charge is -2.34. The molecule has 0 atom stereocenters. The van der Waals surface area contributed by atoms with E-state index in [1.165, 1.54) is 5.56 Å². The van der Waals surface area contributed by atoms with Crippen LogP contribution in [0.4, 0.5) is 5.69 Å². The van der Waals surface area contributed by atoms with E-state index in [0.717, 1.165) is 25.2 Å². The van der Waals surface area contributed by atoms with E-state index in [2.05, 4.69) is 17.0 Å². The summed E-state index contributed by atoms with van der Waals surface area (Å²) in [5.74, 6) is 0.179. The summed E-state index contributed by atoms with van der Waals surface area (Å²) in [6.45, 7) is 2.79. The Bertz CT molecular complexity index is 405. The van der Waals surface area contributed by atoms with Crippen molar-refractivity contribution in [2.24, 2.45) is 5.73 Å². The summed E-state index contributed by atoms with van der Waals surface area (Å²) in [6.07, 6.45) is 0.858. The zero-order chi connectivity index (χ0) is 12.3. The molecule has 2 N–H and O–H groups in total. The predicted molar refractivity (Wildman–Crippen MR) is 69.1 cm³/mol. The molecule has 1 amide bonds. The Hall–Kier alpha value is -1.55. The molecule has 1 aromatic rings. The maximum atomic E-state index is 11.7. The second-order valence-corrected chi connectivity index (χ2v) is 4.40. The molecule has 0 saturated carbocycles. The number of likely N-dealkylation sites (N-methyl/N-ethyl adjacent to an activating group) is 1. The molecular weight excluding hydrogens is 214 g/mol. The lowest BCUT2D eigenvalue weighted by Crippen LogP contribution is -2.48. The largest absolute Gasteiger partial charge is 0.360 e. The molecule has 17 heavy (non-hydrogen) atoms. The van der Waals surface area contributed by atoms with Crippen molar-refractivity contribution in [2.75, 3.05) is 38.1 Å². The topological polar surface area (TPSA) is 49.6 Å². The quantitative estimate of drug-likeness (QED) is 0.825. The van der Waals surface area contributed by atoms with Gasteiger partial charge in [0, 0.05) is 25.8 Å². The van der Waals surface area contributed by atoms with E-state index in [-0.39, 0.29) is 5.91 Å². The molecule has 0 bridgehead atoms. The number of rotatable bonds is 3. The normalized spacial score (nSPS) is 16.5. The molecular formula is C13H19N3O. The molecule has 0 aromatic heterocycles. The van der Waals surface area contributed by atoms with Gasteiger partial charge in [-0.1, -0.05) is 18.2 Å². The fourth-order valence-corrected chi connectivity index (χ4v) is 2.15. The van der Waals surface area contributed by atoms with Gasteiger partial charge in [0.2, 0.25) is 5.91 Å². The summed E-state index contributed by atoms with van der Waals surface area (Å²) in [4.78, 5) is 15.6. The van der Waals surface area contributed by atoms with Crippen molar-refractivity contribution in [3.05, 3.63) is 29.8 Å². The Balaban J connectivity index is 2.19. The van der Waals surface area contributed by atoms with Gasteiger partial charge in [-0.15, -0.1) is 0 Å². The van der Waals surface area contributed by atoms with Gasteiger partial charge in [-0.3, -0.25) is 4.79 Å². The van der Waals surface area contributed by atoms with Crippen LogP contribution in [0.1, 0.15) is 5.56 Å². The number of amides is 1. The number of nitrogens with two attached hydrogens (primary N) is 1. The summed E-state index contributed by atoms with van der Waals surface area (Å²) < 4.78 is 0. The van der Waals surface area contributed by atoms with Crippen molar-refractivity contribution in [1.29, 1.82) is 0 Å². The highest BCUT2D eigenvalue weighted by atomic mass is 16.2. The first-order valence-corrected chi connectivity index (χ1v) is 5.99. The number of para-hydroxylation sites is 1. The Morgan fingerprint density at radius 3 is 2.76 bits per heavy atom. The SMILES string of the molecule is CN1CCN(c2ccccc2CCN)CC1=O. The Labute approximate surface area is 102 Å². The summed E-state index contributed by atoms with van der Waals surface area (Å²) in [7, 11) is 1.85. The first-order chi connectivity index (χ1) is 8.22. The molecule has 0 radical (unpaired) electrons. The minimum absolute atomic E-state index is 0.179. The van der Waals surface area contributed by atoms with Gasteiger partial charge in [-0.2, -0.15) is 0 Å². The van der Waals surface area contributed by atoms with Crippen LogP contribution in [-0.2, 0) is 11.2 Å². The molecule has 1 fully saturated rings. The molecule has 2 rings (SSSR count). The first-order valence-electron chi connectivity index (χ1n) is 5.99. The van der Waals surface area contributed by atoms with Gasteiger partial charge in [-0.05, 0) is 24.6 Å². The van der Waals surface area contributed by atoms with Crippen LogP contribution < -0.4 is 10.6 Å². The van der Waals surface area contributed by atoms with Crippen LogP contribution >= 0.6 is 0 Å². The fourth-order valence-electron chi connectivity index (χ4n) is 2.15. The Morgan fingerprint density at radius 2 is 2.06 bits per heavy atom. The van der Waals surface area contributed by atoms with Gasteiger partial charge in [0.1, 0.15) is 0 Å². The second-order valence-electron chi connectivity index (χ2n) is 4.40. The van der Waals surface area contributed by atoms with Gasteiger partial charge in [0.25, 0.3) is 0 Å². The minimum Gasteiger partial charge on any atom is -0.360 e. The summed E-state index contributed by atoms with van der Waals surface area (Å²) in [5, 5.41) is 0. The maximum absolute atomic E-state index is 11.7. The number of nitrogens with zero attached hydrogens (tertiary/aromatic N) is 2. The van der Waals surface area contributed by atoms with Crippen LogP contribution in [-0.4, -0.2) is 44.0 Å². The van der Waals surface area contributed by atoms with E-state index in [4.69, 9.17) is 5.73 Å². The number of hydrogen-bond acceptors (Lipinski definition) is 3. The molecule has 0 spiro atoms. The molecule has 4 heteroatoms. The van der Waals surface area contributed by atoms with Gasteiger partial charge in [0.05, 0.1) is 6.54 Å². The van der Waals surface area contributed by atoms with E-state index >= 15 is 0 Å². The fraction of sp³-hybridized carbons (Fsp3) is 0.462. The van der Waals surface area contributed by atoms with Crippen molar-refractivity contribution in [2.45, 2.75) is 6.42 Å². The molecule has 1 aliphatic rings. The van der Waals surface area contributed by atoms with E-state index < -0.39 is 0 Å². The zero-order valence-electron chi connectivity index (χ0n) is 10.2. The standard InChI is InChI=1S/C13H19N3O/c1-15-8-9-16(10-13(15)17)12-5-3-2-4-11(12)6-7-14/h2-5H,6-10,14H2,1H3. The highest BCUT2D eigenvalue weighted by molar-refractivity contribution is 5.82. The zero-order valence-corrected chi connectivity index (χ0v) is 10.2. The van der Waals surface area contributed by atoms with Crippen molar-refractivity contribution in [3.63, 3.8) is 0 Å². The van der Waals surface area contributed by atoms with Crippen molar-refractivity contribution in [1.82, 2.24) is 4.90 Å². The average molecular weight is 233 g/mol. The lowest BCUT2D eigenvalue weighted by molar-refractivity contribution is -0.129. The first kappa shape index (κ1) is 11.9. The summed E-state index contributed by atoms with van der Waals surface area (Å²) >= 11 is 0. The third kappa shape index (κ3) is 2.58. The lowest BCUT2D eigenvalue weighted by atomic mass is 10.1. The van der Waals surface area contributed by atoms with Crippen LogP contribution in [0, 0.1) is 0 Å². The minimum atomic E-state index is 0.179. The maximum Gasteiger partial charge on any atom is 0.241 e. The third-order valence-corrected chi connectivity index (χ3v) is 3.20. The van der Waals surface area contributed by atoms with E-state index in [0.29, 0.717) is 13.1 Å². The average Bonchev–Trinajstić information content (AvgIpc) is 2.34. The van der Waals surface area contributed by atoms with Gasteiger partial charge < -0.3 is 15.5 Å². The highest BCUT2D eigenvalue weighted by Gasteiger charge is 2.22. The van der Waals surface area contributed by atoms with Crippen LogP contribution in [0.5, 0.6) is 0 Å². The van der Waals surface area contributed by atoms with Crippen LogP contribution in [0.25, 0.3) is 0 Å². The van der Waals surface area contributed by atoms with Crippen molar-refractivity contribution >= 4 is 11.6 Å². The van der Waals surface area contributed by atoms with E-state index in [1.807, 2.05) is 19.2 Å². The van der Waals surface area contributed by atoms with Gasteiger partial charge in [0.15, 0.2) is 0 Å². The number of carbonyl (C=O) groups is 1. The second kappa shape index (κ2) is 5.19. The van der Waals surface area contributed by atoms with Crippen LogP contribution in [0.15, 0.2) is 24.3 Å². The molecule has 1 saturated heterocycles. The van der Waals surface area contributed by atoms with Crippen LogP contribution in [0.2, 0.25) is 0 Å². The Morgan fingerprint density at radius 1 is 1.29 bits per heavy atom. The monoisotopic (exact) mass is 233 g/mol. The third-order valence-electron chi connectivity index (χ3n) is 3.20.